The lowest BCUT2D eigenvalue weighted by molar-refractivity contribution is -0.122. The minimum absolute atomic E-state index is 0.167. The zero-order valence-electron chi connectivity index (χ0n) is 11.3. The Morgan fingerprint density at radius 3 is 2.68 bits per heavy atom. The van der Waals surface area contributed by atoms with E-state index in [4.69, 9.17) is 10.5 Å². The number of methoxy groups -OCH3 is 1. The molecule has 1 aliphatic heterocycles. The first-order chi connectivity index (χ1) is 9.08. The summed E-state index contributed by atoms with van der Waals surface area (Å²) in [7, 11) is 1.63. The average Bonchev–Trinajstić information content (AvgIpc) is 2.42. The first-order valence-electron chi connectivity index (χ1n) is 6.42. The third kappa shape index (κ3) is 2.81. The lowest BCUT2D eigenvalue weighted by atomic mass is 9.88. The third-order valence-electron chi connectivity index (χ3n) is 3.67. The van der Waals surface area contributed by atoms with Crippen LogP contribution >= 0.6 is 11.8 Å². The van der Waals surface area contributed by atoms with Crippen molar-refractivity contribution in [1.29, 1.82) is 0 Å². The smallest absolute Gasteiger partial charge is 0.244 e. The maximum atomic E-state index is 11.9. The van der Waals surface area contributed by atoms with Crippen LogP contribution in [0.3, 0.4) is 0 Å². The molecule has 1 aliphatic rings. The van der Waals surface area contributed by atoms with Gasteiger partial charge in [-0.15, -0.1) is 0 Å². The minimum Gasteiger partial charge on any atom is -0.497 e. The van der Waals surface area contributed by atoms with E-state index in [1.54, 1.807) is 18.9 Å². The van der Waals surface area contributed by atoms with Crippen LogP contribution in [0, 0.1) is 0 Å². The Labute approximate surface area is 118 Å². The molecule has 1 aromatic carbocycles. The number of nitrogens with two attached hydrogens (primary N) is 1. The van der Waals surface area contributed by atoms with E-state index >= 15 is 0 Å². The topological polar surface area (TPSA) is 64.3 Å². The first kappa shape index (κ1) is 14.1. The van der Waals surface area contributed by atoms with Gasteiger partial charge in [-0.3, -0.25) is 4.79 Å². The number of anilines is 1. The summed E-state index contributed by atoms with van der Waals surface area (Å²) >= 11 is 1.79. The van der Waals surface area contributed by atoms with Gasteiger partial charge in [0.05, 0.1) is 7.11 Å². The number of nitrogens with one attached hydrogen (secondary N) is 1. The molecular weight excluding hydrogens is 260 g/mol. The lowest BCUT2D eigenvalue weighted by Crippen LogP contribution is -2.58. The molecule has 2 atom stereocenters. The van der Waals surface area contributed by atoms with Gasteiger partial charge in [0, 0.05) is 10.9 Å². The van der Waals surface area contributed by atoms with Gasteiger partial charge < -0.3 is 15.8 Å². The molecule has 0 saturated carbocycles. The molecule has 2 rings (SSSR count). The summed E-state index contributed by atoms with van der Waals surface area (Å²) in [5.41, 5.74) is 5.90. The van der Waals surface area contributed by atoms with Crippen LogP contribution in [0.1, 0.15) is 19.8 Å². The van der Waals surface area contributed by atoms with Crippen LogP contribution in [-0.2, 0) is 4.79 Å². The highest BCUT2D eigenvalue weighted by atomic mass is 32.2. The van der Waals surface area contributed by atoms with Crippen LogP contribution in [-0.4, -0.2) is 29.6 Å². The fourth-order valence-electron chi connectivity index (χ4n) is 2.44. The van der Waals surface area contributed by atoms with Crippen LogP contribution in [0.4, 0.5) is 5.69 Å². The average molecular weight is 280 g/mol. The number of thioether (sulfide) groups is 1. The Morgan fingerprint density at radius 1 is 1.47 bits per heavy atom. The summed E-state index contributed by atoms with van der Waals surface area (Å²) in [4.78, 5) is 11.9. The van der Waals surface area contributed by atoms with Crippen molar-refractivity contribution < 1.29 is 9.53 Å². The van der Waals surface area contributed by atoms with Crippen molar-refractivity contribution in [2.45, 2.75) is 30.6 Å². The molecule has 104 valence electrons. The van der Waals surface area contributed by atoms with Gasteiger partial charge in [-0.05, 0) is 42.9 Å². The number of carbonyl (C=O) groups is 1. The molecular formula is C14H20N2O2S. The standard InChI is InChI=1S/C14H20N2O2S/c1-10-14(13(15)17,8-3-9-19-10)16-11-4-6-12(18-2)7-5-11/h4-7,10,16H,3,8-9H2,1-2H3,(H2,15,17). The number of ether oxygens (including phenoxy) is 1. The normalized spacial score (nSPS) is 26.7. The number of benzene rings is 1. The third-order valence-corrected chi connectivity index (χ3v) is 5.10. The Morgan fingerprint density at radius 2 is 2.16 bits per heavy atom. The summed E-state index contributed by atoms with van der Waals surface area (Å²) < 4.78 is 5.13. The maximum absolute atomic E-state index is 11.9. The van der Waals surface area contributed by atoms with Crippen LogP contribution in [0.2, 0.25) is 0 Å². The Kier molecular flexibility index (Phi) is 4.24. The van der Waals surface area contributed by atoms with Crippen LogP contribution in [0.25, 0.3) is 0 Å². The van der Waals surface area contributed by atoms with Crippen molar-refractivity contribution >= 4 is 23.4 Å². The zero-order valence-corrected chi connectivity index (χ0v) is 12.1. The van der Waals surface area contributed by atoms with Crippen LogP contribution < -0.4 is 15.8 Å². The van der Waals surface area contributed by atoms with E-state index in [0.29, 0.717) is 0 Å². The summed E-state index contributed by atoms with van der Waals surface area (Å²) in [5.74, 6) is 1.60. The number of amides is 1. The van der Waals surface area contributed by atoms with Crippen molar-refractivity contribution in [2.24, 2.45) is 5.73 Å². The van der Waals surface area contributed by atoms with Gasteiger partial charge in [-0.25, -0.2) is 0 Å². The van der Waals surface area contributed by atoms with Crippen molar-refractivity contribution in [2.75, 3.05) is 18.2 Å². The molecule has 0 radical (unpaired) electrons. The van der Waals surface area contributed by atoms with Crippen LogP contribution in [0.15, 0.2) is 24.3 Å². The van der Waals surface area contributed by atoms with Crippen molar-refractivity contribution in [1.82, 2.24) is 0 Å². The Balaban J connectivity index is 2.22. The van der Waals surface area contributed by atoms with Crippen molar-refractivity contribution in [3.8, 4) is 5.75 Å². The summed E-state index contributed by atoms with van der Waals surface area (Å²) in [6.45, 7) is 2.06. The molecule has 5 heteroatoms. The number of hydrogen-bond acceptors (Lipinski definition) is 4. The van der Waals surface area contributed by atoms with Gasteiger partial charge in [0.2, 0.25) is 5.91 Å². The van der Waals surface area contributed by atoms with E-state index in [1.807, 2.05) is 24.3 Å². The summed E-state index contributed by atoms with van der Waals surface area (Å²) in [6, 6.07) is 7.57. The van der Waals surface area contributed by atoms with E-state index in [2.05, 4.69) is 12.2 Å². The largest absolute Gasteiger partial charge is 0.497 e. The maximum Gasteiger partial charge on any atom is 0.244 e. The molecule has 19 heavy (non-hydrogen) atoms. The van der Waals surface area contributed by atoms with Gasteiger partial charge in [0.1, 0.15) is 11.3 Å². The first-order valence-corrected chi connectivity index (χ1v) is 7.47. The molecule has 1 amide bonds. The molecule has 1 aromatic rings. The zero-order chi connectivity index (χ0) is 13.9. The minimum atomic E-state index is -0.655. The fraction of sp³-hybridized carbons (Fsp3) is 0.500. The highest BCUT2D eigenvalue weighted by molar-refractivity contribution is 8.00. The van der Waals surface area contributed by atoms with Crippen molar-refractivity contribution in [3.05, 3.63) is 24.3 Å². The molecule has 4 nitrogen and oxygen atoms in total. The molecule has 0 aromatic heterocycles. The molecule has 2 unspecified atom stereocenters. The number of rotatable bonds is 4. The van der Waals surface area contributed by atoms with Gasteiger partial charge in [0.15, 0.2) is 0 Å². The molecule has 3 N–H and O–H groups in total. The van der Waals surface area contributed by atoms with E-state index in [-0.39, 0.29) is 11.2 Å². The van der Waals surface area contributed by atoms with E-state index < -0.39 is 5.54 Å². The Bertz CT molecular complexity index is 449. The molecule has 0 bridgehead atoms. The summed E-state index contributed by atoms with van der Waals surface area (Å²) in [5, 5.41) is 3.51. The lowest BCUT2D eigenvalue weighted by Gasteiger charge is -2.40. The predicted octanol–water partition coefficient (Wildman–Crippen LogP) is 2.25. The van der Waals surface area contributed by atoms with E-state index in [9.17, 15) is 4.79 Å². The van der Waals surface area contributed by atoms with Gasteiger partial charge in [0.25, 0.3) is 0 Å². The SMILES string of the molecule is COc1ccc(NC2(C(N)=O)CCCSC2C)cc1. The van der Waals surface area contributed by atoms with Gasteiger partial charge >= 0.3 is 0 Å². The molecule has 0 aliphatic carbocycles. The van der Waals surface area contributed by atoms with Gasteiger partial charge in [-0.2, -0.15) is 11.8 Å². The molecule has 1 saturated heterocycles. The number of hydrogen-bond donors (Lipinski definition) is 2. The Hall–Kier alpha value is -1.36. The second kappa shape index (κ2) is 5.74. The number of carbonyl (C=O) groups excluding carboxylic acids is 1. The highest BCUT2D eigenvalue weighted by Gasteiger charge is 2.44. The van der Waals surface area contributed by atoms with E-state index in [1.165, 1.54) is 0 Å². The van der Waals surface area contributed by atoms with Crippen molar-refractivity contribution in [3.63, 3.8) is 0 Å². The molecule has 0 spiro atoms. The second-order valence-electron chi connectivity index (χ2n) is 4.81. The second-order valence-corrected chi connectivity index (χ2v) is 6.25. The predicted molar refractivity (Wildman–Crippen MR) is 79.7 cm³/mol. The molecule has 1 fully saturated rings. The van der Waals surface area contributed by atoms with Gasteiger partial charge in [-0.1, -0.05) is 6.92 Å². The van der Waals surface area contributed by atoms with E-state index in [0.717, 1.165) is 30.0 Å². The quantitative estimate of drug-likeness (QED) is 0.888. The monoisotopic (exact) mass is 280 g/mol. The fourth-order valence-corrected chi connectivity index (χ4v) is 3.68. The summed E-state index contributed by atoms with van der Waals surface area (Å²) in [6.07, 6.45) is 1.78. The molecule has 1 heterocycles. The highest BCUT2D eigenvalue weighted by Crippen LogP contribution is 2.36. The number of primary amides is 1. The van der Waals surface area contributed by atoms with Crippen LogP contribution in [0.5, 0.6) is 5.75 Å².